The summed E-state index contributed by atoms with van der Waals surface area (Å²) < 4.78 is 16.0. The Morgan fingerprint density at radius 2 is 1.64 bits per heavy atom. The summed E-state index contributed by atoms with van der Waals surface area (Å²) in [5, 5.41) is 5.78. The number of benzene rings is 1. The molecule has 1 aromatic rings. The molecule has 1 saturated carbocycles. The van der Waals surface area contributed by atoms with Gasteiger partial charge < -0.3 is 24.8 Å². The third kappa shape index (κ3) is 6.10. The van der Waals surface area contributed by atoms with Crippen molar-refractivity contribution in [2.75, 3.05) is 59.7 Å². The van der Waals surface area contributed by atoms with Crippen molar-refractivity contribution in [3.05, 3.63) is 24.3 Å². The smallest absolute Gasteiger partial charge is 0.224 e. The fourth-order valence-electron chi connectivity index (χ4n) is 3.21. The molecule has 2 unspecified atom stereocenters. The second-order valence-corrected chi connectivity index (χ2v) is 7.01. The summed E-state index contributed by atoms with van der Waals surface area (Å²) in [6.45, 7) is 5.53. The van der Waals surface area contributed by atoms with Gasteiger partial charge in [0.25, 0.3) is 0 Å². The first-order valence-corrected chi connectivity index (χ1v) is 9.80. The molecule has 2 atom stereocenters. The zero-order valence-electron chi connectivity index (χ0n) is 16.3. The van der Waals surface area contributed by atoms with Crippen molar-refractivity contribution < 1.29 is 23.8 Å². The average Bonchev–Trinajstić information content (AvgIpc) is 3.53. The van der Waals surface area contributed by atoms with Crippen molar-refractivity contribution in [2.45, 2.75) is 6.42 Å². The number of amides is 2. The van der Waals surface area contributed by atoms with E-state index in [1.807, 2.05) is 24.3 Å². The van der Waals surface area contributed by atoms with Crippen molar-refractivity contribution in [3.8, 4) is 11.5 Å². The van der Waals surface area contributed by atoms with Gasteiger partial charge in [0, 0.05) is 26.2 Å². The number of nitrogens with zero attached hydrogens (tertiary/aromatic N) is 1. The first kappa shape index (κ1) is 20.4. The molecule has 0 aromatic heterocycles. The number of nitrogens with one attached hydrogen (secondary N) is 2. The van der Waals surface area contributed by atoms with E-state index in [9.17, 15) is 9.59 Å². The highest BCUT2D eigenvalue weighted by molar-refractivity contribution is 5.92. The van der Waals surface area contributed by atoms with Crippen LogP contribution in [-0.4, -0.2) is 76.4 Å². The Morgan fingerprint density at radius 1 is 1.04 bits per heavy atom. The van der Waals surface area contributed by atoms with E-state index in [0.29, 0.717) is 26.1 Å². The van der Waals surface area contributed by atoms with Crippen molar-refractivity contribution in [2.24, 2.45) is 11.8 Å². The van der Waals surface area contributed by atoms with Gasteiger partial charge in [-0.1, -0.05) is 0 Å². The molecule has 2 N–H and O–H groups in total. The van der Waals surface area contributed by atoms with Gasteiger partial charge in [-0.3, -0.25) is 14.5 Å². The van der Waals surface area contributed by atoms with Crippen molar-refractivity contribution in [1.82, 2.24) is 15.5 Å². The number of carbonyl (C=O) groups excluding carboxylic acids is 2. The molecule has 8 nitrogen and oxygen atoms in total. The summed E-state index contributed by atoms with van der Waals surface area (Å²) in [6.07, 6.45) is 0.620. The Bertz CT molecular complexity index is 646. The fraction of sp³-hybridized carbons (Fsp3) is 0.600. The maximum Gasteiger partial charge on any atom is 0.224 e. The van der Waals surface area contributed by atoms with E-state index in [-0.39, 0.29) is 23.7 Å². The first-order valence-electron chi connectivity index (χ1n) is 9.80. The summed E-state index contributed by atoms with van der Waals surface area (Å²) in [4.78, 5) is 26.6. The number of hydrogen-bond acceptors (Lipinski definition) is 6. The van der Waals surface area contributed by atoms with Crippen molar-refractivity contribution in [3.63, 3.8) is 0 Å². The first-order chi connectivity index (χ1) is 13.7. The molecule has 2 fully saturated rings. The van der Waals surface area contributed by atoms with E-state index in [2.05, 4.69) is 15.5 Å². The van der Waals surface area contributed by atoms with E-state index >= 15 is 0 Å². The van der Waals surface area contributed by atoms with Crippen LogP contribution in [0.4, 0.5) is 0 Å². The molecule has 8 heteroatoms. The molecule has 0 bridgehead atoms. The van der Waals surface area contributed by atoms with E-state index in [0.717, 1.165) is 44.3 Å². The third-order valence-corrected chi connectivity index (χ3v) is 5.02. The van der Waals surface area contributed by atoms with Gasteiger partial charge in [-0.15, -0.1) is 0 Å². The monoisotopic (exact) mass is 391 g/mol. The molecule has 2 aliphatic rings. The highest BCUT2D eigenvalue weighted by Gasteiger charge is 2.47. The van der Waals surface area contributed by atoms with Gasteiger partial charge in [0.1, 0.15) is 18.1 Å². The molecule has 0 radical (unpaired) electrons. The van der Waals surface area contributed by atoms with Crippen LogP contribution in [0.25, 0.3) is 0 Å². The summed E-state index contributed by atoms with van der Waals surface area (Å²) in [7, 11) is 1.61. The van der Waals surface area contributed by atoms with Crippen molar-refractivity contribution >= 4 is 11.8 Å². The van der Waals surface area contributed by atoms with Crippen LogP contribution in [0.5, 0.6) is 11.5 Å². The van der Waals surface area contributed by atoms with Gasteiger partial charge in [-0.05, 0) is 30.7 Å². The van der Waals surface area contributed by atoms with Crippen LogP contribution in [-0.2, 0) is 14.3 Å². The molecule has 1 aliphatic heterocycles. The van der Waals surface area contributed by atoms with Gasteiger partial charge in [0.05, 0.1) is 38.7 Å². The van der Waals surface area contributed by atoms with E-state index in [1.165, 1.54) is 0 Å². The minimum Gasteiger partial charge on any atom is -0.497 e. The SMILES string of the molecule is COc1ccc(OCCNC(=O)C2CC2C(=O)NCCN2CCOCC2)cc1. The Balaban J connectivity index is 1.25. The lowest BCUT2D eigenvalue weighted by molar-refractivity contribution is -0.127. The highest BCUT2D eigenvalue weighted by Crippen LogP contribution is 2.38. The molecule has 1 aromatic carbocycles. The molecule has 28 heavy (non-hydrogen) atoms. The van der Waals surface area contributed by atoms with Crippen molar-refractivity contribution in [1.29, 1.82) is 0 Å². The van der Waals surface area contributed by atoms with E-state index in [1.54, 1.807) is 7.11 Å². The zero-order chi connectivity index (χ0) is 19.8. The van der Waals surface area contributed by atoms with Crippen LogP contribution < -0.4 is 20.1 Å². The molecule has 0 spiro atoms. The molecular weight excluding hydrogens is 362 g/mol. The predicted molar refractivity (Wildman–Crippen MR) is 103 cm³/mol. The second kappa shape index (κ2) is 10.3. The van der Waals surface area contributed by atoms with Gasteiger partial charge in [-0.2, -0.15) is 0 Å². The molecule has 1 aliphatic carbocycles. The molecule has 1 saturated heterocycles. The topological polar surface area (TPSA) is 89.1 Å². The maximum atomic E-state index is 12.2. The lowest BCUT2D eigenvalue weighted by Gasteiger charge is -2.26. The molecular formula is C20H29N3O5. The lowest BCUT2D eigenvalue weighted by atomic mass is 10.3. The number of ether oxygens (including phenoxy) is 3. The third-order valence-electron chi connectivity index (χ3n) is 5.02. The van der Waals surface area contributed by atoms with E-state index in [4.69, 9.17) is 14.2 Å². The van der Waals surface area contributed by atoms with Crippen LogP contribution >= 0.6 is 0 Å². The molecule has 1 heterocycles. The van der Waals surface area contributed by atoms with Gasteiger partial charge >= 0.3 is 0 Å². The van der Waals surface area contributed by atoms with Gasteiger partial charge in [-0.25, -0.2) is 0 Å². The lowest BCUT2D eigenvalue weighted by Crippen LogP contribution is -2.41. The summed E-state index contributed by atoms with van der Waals surface area (Å²) in [5.74, 6) is 0.966. The number of hydrogen-bond donors (Lipinski definition) is 2. The summed E-state index contributed by atoms with van der Waals surface area (Å²) >= 11 is 0. The normalized spacial score (nSPS) is 21.6. The average molecular weight is 391 g/mol. The Hall–Kier alpha value is -2.32. The molecule has 3 rings (SSSR count). The Morgan fingerprint density at radius 3 is 2.29 bits per heavy atom. The number of carbonyl (C=O) groups is 2. The van der Waals surface area contributed by atoms with Crippen LogP contribution in [0.15, 0.2) is 24.3 Å². The molecule has 2 amide bonds. The van der Waals surface area contributed by atoms with Crippen LogP contribution in [0, 0.1) is 11.8 Å². The van der Waals surface area contributed by atoms with Crippen LogP contribution in [0.2, 0.25) is 0 Å². The number of methoxy groups -OCH3 is 1. The predicted octanol–water partition coefficient (Wildman–Crippen LogP) is 0.275. The van der Waals surface area contributed by atoms with E-state index < -0.39 is 0 Å². The number of rotatable bonds is 10. The standard InChI is InChI=1S/C20H29N3O5/c1-26-15-2-4-16(5-3-15)28-11-7-22-20(25)18-14-17(18)19(24)21-6-8-23-9-12-27-13-10-23/h2-5,17-18H,6-14H2,1H3,(H,21,24)(H,22,25). The Labute approximate surface area is 165 Å². The molecule has 154 valence electrons. The van der Waals surface area contributed by atoms with Gasteiger partial charge in [0.15, 0.2) is 0 Å². The van der Waals surface area contributed by atoms with Crippen LogP contribution in [0.3, 0.4) is 0 Å². The Kier molecular flexibility index (Phi) is 7.50. The largest absolute Gasteiger partial charge is 0.497 e. The fourth-order valence-corrected chi connectivity index (χ4v) is 3.21. The van der Waals surface area contributed by atoms with Crippen LogP contribution in [0.1, 0.15) is 6.42 Å². The highest BCUT2D eigenvalue weighted by atomic mass is 16.5. The summed E-state index contributed by atoms with van der Waals surface area (Å²) in [5.41, 5.74) is 0. The number of morpholine rings is 1. The minimum absolute atomic E-state index is 0.0251. The second-order valence-electron chi connectivity index (χ2n) is 7.01. The quantitative estimate of drug-likeness (QED) is 0.557. The zero-order valence-corrected chi connectivity index (χ0v) is 16.3. The maximum absolute atomic E-state index is 12.2. The van der Waals surface area contributed by atoms with Gasteiger partial charge in [0.2, 0.25) is 11.8 Å². The minimum atomic E-state index is -0.218. The summed E-state index contributed by atoms with van der Waals surface area (Å²) in [6, 6.07) is 7.28.